The molecule has 40 valence electrons. The van der Waals surface area contributed by atoms with Crippen LogP contribution >= 0.6 is 11.8 Å². The third kappa shape index (κ3) is 1.27. The summed E-state index contributed by atoms with van der Waals surface area (Å²) in [6.45, 7) is 0. The lowest BCUT2D eigenvalue weighted by Crippen LogP contribution is -1.62. The minimum absolute atomic E-state index is 1.09. The molecule has 2 radical (unpaired) electrons. The maximum Gasteiger partial charge on any atom is 0.0151 e. The van der Waals surface area contributed by atoms with Crippen LogP contribution in [0, 0.1) is 12.3 Å². The highest BCUT2D eigenvalue weighted by molar-refractivity contribution is 8.00. The van der Waals surface area contributed by atoms with Gasteiger partial charge in [0.1, 0.15) is 0 Å². The second-order valence-corrected chi connectivity index (χ2v) is 2.10. The van der Waals surface area contributed by atoms with E-state index in [4.69, 9.17) is 0 Å². The van der Waals surface area contributed by atoms with Gasteiger partial charge < -0.3 is 0 Å². The van der Waals surface area contributed by atoms with Crippen LogP contribution < -0.4 is 0 Å². The smallest absolute Gasteiger partial charge is 0.0151 e. The second-order valence-electron chi connectivity index (χ2n) is 1.37. The Morgan fingerprint density at radius 2 is 2.38 bits per heavy atom. The summed E-state index contributed by atoms with van der Waals surface area (Å²) in [7, 11) is 0. The zero-order valence-electron chi connectivity index (χ0n) is 4.42. The maximum atomic E-state index is 3.64. The van der Waals surface area contributed by atoms with E-state index >= 15 is 0 Å². The zero-order chi connectivity index (χ0) is 5.82. The van der Waals surface area contributed by atoms with Gasteiger partial charge >= 0.3 is 0 Å². The normalized spacial score (nSPS) is 9.12. The summed E-state index contributed by atoms with van der Waals surface area (Å²) in [4.78, 5) is 1.09. The monoisotopic (exact) mass is 122 g/mol. The Bertz CT molecular complexity index is 146. The first-order chi connectivity index (χ1) is 3.93. The van der Waals surface area contributed by atoms with Crippen molar-refractivity contribution < 1.29 is 0 Å². The fourth-order valence-corrected chi connectivity index (χ4v) is 0.793. The largest absolute Gasteiger partial charge is 0.125 e. The molecular formula is C7H6S. The number of hydrogen-bond donors (Lipinski definition) is 0. The van der Waals surface area contributed by atoms with Crippen molar-refractivity contribution in [2.24, 2.45) is 0 Å². The summed E-state index contributed by atoms with van der Waals surface area (Å²) in [6, 6.07) is 10.8. The summed E-state index contributed by atoms with van der Waals surface area (Å²) in [5, 5.41) is 0. The number of thioether (sulfide) groups is 1. The fraction of sp³-hybridized carbons (Fsp3) is 0. The molecule has 0 saturated heterocycles. The summed E-state index contributed by atoms with van der Waals surface area (Å²) in [5.41, 5.74) is 0. The van der Waals surface area contributed by atoms with Crippen LogP contribution in [0.25, 0.3) is 0 Å². The summed E-state index contributed by atoms with van der Waals surface area (Å²) in [6.07, 6.45) is 3.64. The standard InChI is InChI=1S/C7H6S/c1-8-7-5-3-2-4-6-7/h2-5H,1H2. The average Bonchev–Trinajstić information content (AvgIpc) is 1.90. The quantitative estimate of drug-likeness (QED) is 0.515. The lowest BCUT2D eigenvalue weighted by Gasteiger charge is -1.88. The molecule has 0 heterocycles. The Balaban J connectivity index is 2.83. The zero-order valence-corrected chi connectivity index (χ0v) is 5.24. The van der Waals surface area contributed by atoms with Crippen molar-refractivity contribution in [3.63, 3.8) is 0 Å². The van der Waals surface area contributed by atoms with Gasteiger partial charge in [0, 0.05) is 11.2 Å². The molecule has 1 aromatic carbocycles. The third-order valence-corrected chi connectivity index (χ3v) is 1.40. The Morgan fingerprint density at radius 3 is 2.75 bits per heavy atom. The minimum Gasteiger partial charge on any atom is -0.125 e. The predicted octanol–water partition coefficient (Wildman–Crippen LogP) is 2.37. The molecule has 0 unspecified atom stereocenters. The van der Waals surface area contributed by atoms with E-state index in [-0.39, 0.29) is 0 Å². The van der Waals surface area contributed by atoms with Gasteiger partial charge in [0.15, 0.2) is 0 Å². The molecule has 0 N–H and O–H groups in total. The van der Waals surface area contributed by atoms with E-state index in [1.807, 2.05) is 24.3 Å². The molecule has 0 aliphatic rings. The lowest BCUT2D eigenvalue weighted by atomic mass is 10.4. The second kappa shape index (κ2) is 2.78. The SMILES string of the molecule is [CH2]Sc1[c]cccc1. The topological polar surface area (TPSA) is 0 Å². The van der Waals surface area contributed by atoms with Crippen molar-refractivity contribution >= 4 is 11.8 Å². The van der Waals surface area contributed by atoms with Crippen molar-refractivity contribution in [2.75, 3.05) is 0 Å². The first-order valence-corrected chi connectivity index (χ1v) is 3.31. The van der Waals surface area contributed by atoms with E-state index in [1.54, 1.807) is 0 Å². The van der Waals surface area contributed by atoms with Gasteiger partial charge in [-0.25, -0.2) is 0 Å². The molecule has 1 heteroatoms. The van der Waals surface area contributed by atoms with E-state index in [2.05, 4.69) is 12.3 Å². The van der Waals surface area contributed by atoms with E-state index < -0.39 is 0 Å². The van der Waals surface area contributed by atoms with Crippen LogP contribution in [-0.2, 0) is 0 Å². The van der Waals surface area contributed by atoms with Crippen LogP contribution in [0.15, 0.2) is 29.2 Å². The first kappa shape index (κ1) is 5.70. The molecular weight excluding hydrogens is 116 g/mol. The van der Waals surface area contributed by atoms with Crippen LogP contribution in [0.1, 0.15) is 0 Å². The Labute approximate surface area is 53.9 Å². The molecule has 0 fully saturated rings. The lowest BCUT2D eigenvalue weighted by molar-refractivity contribution is 1.45. The van der Waals surface area contributed by atoms with Crippen molar-refractivity contribution in [3.05, 3.63) is 36.6 Å². The number of hydrogen-bond acceptors (Lipinski definition) is 1. The summed E-state index contributed by atoms with van der Waals surface area (Å²) >= 11 is 1.46. The molecule has 0 nitrogen and oxygen atoms in total. The van der Waals surface area contributed by atoms with E-state index in [0.717, 1.165) is 4.90 Å². The number of rotatable bonds is 1. The first-order valence-electron chi connectivity index (χ1n) is 2.32. The molecule has 0 saturated carbocycles. The van der Waals surface area contributed by atoms with Crippen molar-refractivity contribution in [2.45, 2.75) is 4.90 Å². The molecule has 0 aromatic heterocycles. The number of benzene rings is 1. The highest BCUT2D eigenvalue weighted by atomic mass is 32.2. The van der Waals surface area contributed by atoms with Crippen molar-refractivity contribution in [1.29, 1.82) is 0 Å². The summed E-state index contributed by atoms with van der Waals surface area (Å²) in [5.74, 6) is 0. The van der Waals surface area contributed by atoms with Gasteiger partial charge in [0.05, 0.1) is 0 Å². The molecule has 0 atom stereocenters. The summed E-state index contributed by atoms with van der Waals surface area (Å²) < 4.78 is 0. The third-order valence-electron chi connectivity index (χ3n) is 0.836. The van der Waals surface area contributed by atoms with E-state index in [9.17, 15) is 0 Å². The molecule has 0 aliphatic carbocycles. The van der Waals surface area contributed by atoms with Crippen molar-refractivity contribution in [3.8, 4) is 0 Å². The molecule has 1 rings (SSSR count). The molecule has 0 aliphatic heterocycles. The minimum atomic E-state index is 1.09. The van der Waals surface area contributed by atoms with E-state index in [1.165, 1.54) is 11.8 Å². The van der Waals surface area contributed by atoms with Gasteiger partial charge in [-0.2, -0.15) is 0 Å². The highest BCUT2D eigenvalue weighted by Gasteiger charge is 1.81. The van der Waals surface area contributed by atoms with Gasteiger partial charge in [-0.1, -0.05) is 18.2 Å². The van der Waals surface area contributed by atoms with Gasteiger partial charge in [-0.05, 0) is 12.1 Å². The highest BCUT2D eigenvalue weighted by Crippen LogP contribution is 2.12. The molecule has 0 spiro atoms. The van der Waals surface area contributed by atoms with Gasteiger partial charge in [0.25, 0.3) is 0 Å². The van der Waals surface area contributed by atoms with Gasteiger partial charge in [-0.15, -0.1) is 11.8 Å². The van der Waals surface area contributed by atoms with Crippen LogP contribution in [0.5, 0.6) is 0 Å². The fourth-order valence-electron chi connectivity index (χ4n) is 0.467. The van der Waals surface area contributed by atoms with Crippen LogP contribution in [0.2, 0.25) is 0 Å². The van der Waals surface area contributed by atoms with Gasteiger partial charge in [-0.3, -0.25) is 0 Å². The van der Waals surface area contributed by atoms with Crippen LogP contribution in [0.4, 0.5) is 0 Å². The van der Waals surface area contributed by atoms with Crippen LogP contribution in [0.3, 0.4) is 0 Å². The van der Waals surface area contributed by atoms with Crippen LogP contribution in [-0.4, -0.2) is 0 Å². The molecule has 0 amide bonds. The van der Waals surface area contributed by atoms with Gasteiger partial charge in [0.2, 0.25) is 0 Å². The maximum absolute atomic E-state index is 3.64. The van der Waals surface area contributed by atoms with E-state index in [0.29, 0.717) is 0 Å². The molecule has 8 heavy (non-hydrogen) atoms. The molecule has 0 bridgehead atoms. The Kier molecular flexibility index (Phi) is 1.98. The van der Waals surface area contributed by atoms with Crippen molar-refractivity contribution in [1.82, 2.24) is 0 Å². The average molecular weight is 122 g/mol. The predicted molar refractivity (Wildman–Crippen MR) is 36.5 cm³/mol. The Hall–Kier alpha value is -0.430. The molecule has 1 aromatic rings. The Morgan fingerprint density at radius 1 is 1.50 bits per heavy atom.